The van der Waals surface area contributed by atoms with Crippen molar-refractivity contribution in [1.82, 2.24) is 34.9 Å². The minimum atomic E-state index is 0.929. The van der Waals surface area contributed by atoms with Gasteiger partial charge in [0.1, 0.15) is 0 Å². The van der Waals surface area contributed by atoms with E-state index in [0.717, 1.165) is 44.8 Å². The standard InChI is InChI=1S/2C15H11N3.C12H9N/c2*1-4-12(10-16-7-1)14-6-3-9-18-15(14)13-5-2-8-17-11-13;1-3-7-11-9(5-1)10-6-2-4-8-12(10)13-11/h2*1-11H;1-8,13H. The van der Waals surface area contributed by atoms with E-state index in [1.54, 1.807) is 37.2 Å². The minimum Gasteiger partial charge on any atom is -0.355 e. The molecule has 0 fully saturated rings. The van der Waals surface area contributed by atoms with Gasteiger partial charge in [0.15, 0.2) is 0 Å². The van der Waals surface area contributed by atoms with Gasteiger partial charge in [-0.3, -0.25) is 29.9 Å². The molecular formula is C42H31N7. The molecule has 7 aromatic heterocycles. The van der Waals surface area contributed by atoms with Crippen LogP contribution in [0, 0.1) is 0 Å². The molecule has 2 aromatic carbocycles. The molecule has 0 radical (unpaired) electrons. The Morgan fingerprint density at radius 3 is 1.08 bits per heavy atom. The van der Waals surface area contributed by atoms with Gasteiger partial charge >= 0.3 is 0 Å². The Bertz CT molecular complexity index is 2090. The Morgan fingerprint density at radius 1 is 0.327 bits per heavy atom. The Morgan fingerprint density at radius 2 is 0.694 bits per heavy atom. The van der Waals surface area contributed by atoms with Crippen LogP contribution < -0.4 is 0 Å². The highest BCUT2D eigenvalue weighted by molar-refractivity contribution is 6.07. The number of H-pyrrole nitrogens is 1. The van der Waals surface area contributed by atoms with Crippen molar-refractivity contribution in [2.24, 2.45) is 0 Å². The summed E-state index contributed by atoms with van der Waals surface area (Å²) in [6, 6.07) is 40.5. The van der Waals surface area contributed by atoms with Crippen molar-refractivity contribution >= 4 is 21.8 Å². The quantitative estimate of drug-likeness (QED) is 0.207. The maximum atomic E-state index is 4.46. The number of aromatic amines is 1. The van der Waals surface area contributed by atoms with E-state index in [0.29, 0.717) is 0 Å². The highest BCUT2D eigenvalue weighted by Gasteiger charge is 2.09. The largest absolute Gasteiger partial charge is 0.355 e. The molecule has 49 heavy (non-hydrogen) atoms. The van der Waals surface area contributed by atoms with Crippen molar-refractivity contribution in [2.45, 2.75) is 0 Å². The smallest absolute Gasteiger partial charge is 0.0796 e. The number of aromatic nitrogens is 7. The number of nitrogens with zero attached hydrogens (tertiary/aromatic N) is 6. The molecule has 0 unspecified atom stereocenters. The van der Waals surface area contributed by atoms with E-state index >= 15 is 0 Å². The molecule has 0 aliphatic carbocycles. The normalized spacial score (nSPS) is 10.4. The number of benzene rings is 2. The number of nitrogens with one attached hydrogen (secondary N) is 1. The van der Waals surface area contributed by atoms with Crippen LogP contribution in [0.5, 0.6) is 0 Å². The van der Waals surface area contributed by atoms with Gasteiger partial charge in [0, 0.05) is 117 Å². The first-order valence-corrected chi connectivity index (χ1v) is 15.8. The molecule has 9 rings (SSSR count). The number of hydrogen-bond donors (Lipinski definition) is 1. The summed E-state index contributed by atoms with van der Waals surface area (Å²) in [4.78, 5) is 28.9. The number of para-hydroxylation sites is 2. The predicted molar refractivity (Wildman–Crippen MR) is 197 cm³/mol. The molecule has 0 spiro atoms. The van der Waals surface area contributed by atoms with Crippen LogP contribution >= 0.6 is 0 Å². The maximum Gasteiger partial charge on any atom is 0.0796 e. The van der Waals surface area contributed by atoms with Crippen molar-refractivity contribution in [3.8, 4) is 44.8 Å². The Labute approximate surface area is 284 Å². The topological polar surface area (TPSA) is 93.1 Å². The van der Waals surface area contributed by atoms with Gasteiger partial charge in [-0.05, 0) is 60.7 Å². The summed E-state index contributed by atoms with van der Waals surface area (Å²) < 4.78 is 0. The minimum absolute atomic E-state index is 0.929. The van der Waals surface area contributed by atoms with Crippen molar-refractivity contribution in [2.75, 3.05) is 0 Å². The lowest BCUT2D eigenvalue weighted by atomic mass is 10.0. The van der Waals surface area contributed by atoms with Crippen LogP contribution in [0.4, 0.5) is 0 Å². The van der Waals surface area contributed by atoms with E-state index in [1.165, 1.54) is 21.8 Å². The SMILES string of the molecule is c1ccc2c(c1)[nH]c1ccccc12.c1cncc(-c2cccnc2-c2cccnc2)c1.c1cncc(-c2cccnc2-c2cccnc2)c1. The summed E-state index contributed by atoms with van der Waals surface area (Å²) in [7, 11) is 0. The molecule has 7 nitrogen and oxygen atoms in total. The summed E-state index contributed by atoms with van der Waals surface area (Å²) in [6.07, 6.45) is 18.0. The molecule has 1 N–H and O–H groups in total. The molecule has 0 bridgehead atoms. The number of pyridine rings is 6. The van der Waals surface area contributed by atoms with Crippen LogP contribution in [0.25, 0.3) is 66.6 Å². The predicted octanol–water partition coefficient (Wildman–Crippen LogP) is 9.73. The second-order valence-corrected chi connectivity index (χ2v) is 11.0. The summed E-state index contributed by atoms with van der Waals surface area (Å²) in [5, 5.41) is 2.61. The van der Waals surface area contributed by atoms with Gasteiger partial charge in [-0.2, -0.15) is 0 Å². The average Bonchev–Trinajstić information content (AvgIpc) is 3.59. The first-order chi connectivity index (χ1) is 24.3. The lowest BCUT2D eigenvalue weighted by Gasteiger charge is -2.07. The summed E-state index contributed by atoms with van der Waals surface area (Å²) in [5.74, 6) is 0. The summed E-state index contributed by atoms with van der Waals surface area (Å²) in [5.41, 5.74) is 10.6. The third kappa shape index (κ3) is 7.26. The van der Waals surface area contributed by atoms with Crippen molar-refractivity contribution in [1.29, 1.82) is 0 Å². The fourth-order valence-corrected chi connectivity index (χ4v) is 5.59. The monoisotopic (exact) mass is 633 g/mol. The van der Waals surface area contributed by atoms with E-state index in [9.17, 15) is 0 Å². The first kappa shape index (κ1) is 30.8. The average molecular weight is 634 g/mol. The Hall–Kier alpha value is -6.86. The van der Waals surface area contributed by atoms with Crippen molar-refractivity contribution < 1.29 is 0 Å². The van der Waals surface area contributed by atoms with E-state index in [-0.39, 0.29) is 0 Å². The molecule has 9 aromatic rings. The van der Waals surface area contributed by atoms with Gasteiger partial charge in [-0.15, -0.1) is 0 Å². The van der Waals surface area contributed by atoms with Crippen LogP contribution in [0.15, 0.2) is 183 Å². The van der Waals surface area contributed by atoms with Crippen LogP contribution in [-0.4, -0.2) is 34.9 Å². The molecule has 0 atom stereocenters. The van der Waals surface area contributed by atoms with Crippen LogP contribution in [0.3, 0.4) is 0 Å². The van der Waals surface area contributed by atoms with Gasteiger partial charge in [0.2, 0.25) is 0 Å². The molecule has 0 aliphatic heterocycles. The Balaban J connectivity index is 0.000000117. The van der Waals surface area contributed by atoms with E-state index < -0.39 is 0 Å². The second-order valence-electron chi connectivity index (χ2n) is 11.0. The molecule has 0 saturated carbocycles. The van der Waals surface area contributed by atoms with Crippen LogP contribution in [0.1, 0.15) is 0 Å². The van der Waals surface area contributed by atoms with Gasteiger partial charge < -0.3 is 4.98 Å². The van der Waals surface area contributed by atoms with E-state index in [4.69, 9.17) is 0 Å². The lowest BCUT2D eigenvalue weighted by molar-refractivity contribution is 1.27. The zero-order valence-electron chi connectivity index (χ0n) is 26.5. The van der Waals surface area contributed by atoms with Gasteiger partial charge in [0.05, 0.1) is 11.4 Å². The van der Waals surface area contributed by atoms with Crippen molar-refractivity contribution in [3.05, 3.63) is 183 Å². The van der Waals surface area contributed by atoms with E-state index in [2.05, 4.69) is 83.4 Å². The first-order valence-electron chi connectivity index (χ1n) is 15.8. The van der Waals surface area contributed by atoms with Crippen molar-refractivity contribution in [3.63, 3.8) is 0 Å². The second kappa shape index (κ2) is 15.2. The Kier molecular flexibility index (Phi) is 9.52. The maximum absolute atomic E-state index is 4.46. The van der Waals surface area contributed by atoms with Gasteiger partial charge in [-0.25, -0.2) is 0 Å². The number of hydrogen-bond acceptors (Lipinski definition) is 6. The molecule has 0 saturated heterocycles. The van der Waals surface area contributed by atoms with Gasteiger partial charge in [0.25, 0.3) is 0 Å². The molecule has 7 heteroatoms. The number of fused-ring (bicyclic) bond motifs is 3. The molecule has 0 amide bonds. The molecule has 0 aliphatic rings. The highest BCUT2D eigenvalue weighted by Crippen LogP contribution is 2.30. The fourth-order valence-electron chi connectivity index (χ4n) is 5.59. The van der Waals surface area contributed by atoms with Gasteiger partial charge in [-0.1, -0.05) is 60.7 Å². The zero-order chi connectivity index (χ0) is 33.1. The molecule has 234 valence electrons. The third-order valence-corrected chi connectivity index (χ3v) is 7.84. The van der Waals surface area contributed by atoms with Crippen LogP contribution in [-0.2, 0) is 0 Å². The fraction of sp³-hybridized carbons (Fsp3) is 0. The summed E-state index contributed by atoms with van der Waals surface area (Å²) in [6.45, 7) is 0. The van der Waals surface area contributed by atoms with Crippen LogP contribution in [0.2, 0.25) is 0 Å². The molecular weight excluding hydrogens is 603 g/mol. The molecule has 7 heterocycles. The third-order valence-electron chi connectivity index (χ3n) is 7.84. The lowest BCUT2D eigenvalue weighted by Crippen LogP contribution is -1.89. The number of rotatable bonds is 4. The zero-order valence-corrected chi connectivity index (χ0v) is 26.5. The van der Waals surface area contributed by atoms with E-state index in [1.807, 2.05) is 97.6 Å². The highest BCUT2D eigenvalue weighted by atomic mass is 14.7. The summed E-state index contributed by atoms with van der Waals surface area (Å²) >= 11 is 0.